The average Bonchev–Trinajstić information content (AvgIpc) is 2.74. The third kappa shape index (κ3) is 2.33. The molecule has 0 bridgehead atoms. The van der Waals surface area contributed by atoms with Crippen molar-refractivity contribution in [2.75, 3.05) is 5.73 Å². The molecule has 0 amide bonds. The third-order valence-corrected chi connectivity index (χ3v) is 3.36. The number of fused-ring (bicyclic) bond motifs is 1. The molecule has 1 aromatic carbocycles. The number of H-pyrrole nitrogens is 1. The van der Waals surface area contributed by atoms with Gasteiger partial charge in [-0.05, 0) is 31.2 Å². The van der Waals surface area contributed by atoms with E-state index in [0.29, 0.717) is 22.3 Å². The van der Waals surface area contributed by atoms with Crippen LogP contribution in [0.15, 0.2) is 36.5 Å². The highest BCUT2D eigenvalue weighted by atomic mass is 19.4. The monoisotopic (exact) mass is 291 g/mol. The quantitative estimate of drug-likeness (QED) is 0.708. The van der Waals surface area contributed by atoms with Crippen LogP contribution in [0.5, 0.6) is 0 Å². The summed E-state index contributed by atoms with van der Waals surface area (Å²) in [6.45, 7) is 1.81. The van der Waals surface area contributed by atoms with Crippen LogP contribution in [0, 0.1) is 6.92 Å². The molecule has 0 fully saturated rings. The number of nitrogens with zero attached hydrogens (tertiary/aromatic N) is 1. The lowest BCUT2D eigenvalue weighted by Crippen LogP contribution is -2.04. The van der Waals surface area contributed by atoms with Crippen LogP contribution in [0.25, 0.3) is 22.2 Å². The standard InChI is InChI=1S/C15H12F3N3/c1-8-14(12-5-3-10(19)7-20-12)11-4-2-9(15(16,17)18)6-13(11)21-8/h2-7,21H,19H2,1H3. The predicted octanol–water partition coefficient (Wildman–Crippen LogP) is 4.14. The van der Waals surface area contributed by atoms with Crippen LogP contribution in [0.3, 0.4) is 0 Å². The van der Waals surface area contributed by atoms with Gasteiger partial charge in [-0.15, -0.1) is 0 Å². The van der Waals surface area contributed by atoms with E-state index in [1.807, 2.05) is 0 Å². The molecule has 0 aliphatic heterocycles. The fourth-order valence-corrected chi connectivity index (χ4v) is 2.39. The Labute approximate surface area is 118 Å². The first-order valence-electron chi connectivity index (χ1n) is 6.27. The van der Waals surface area contributed by atoms with Crippen molar-refractivity contribution in [3.05, 3.63) is 47.8 Å². The Kier molecular flexibility index (Phi) is 2.90. The first kappa shape index (κ1) is 13.5. The summed E-state index contributed by atoms with van der Waals surface area (Å²) in [5.74, 6) is 0. The second-order valence-electron chi connectivity index (χ2n) is 4.86. The van der Waals surface area contributed by atoms with Gasteiger partial charge in [-0.2, -0.15) is 13.2 Å². The number of pyridine rings is 1. The highest BCUT2D eigenvalue weighted by molar-refractivity contribution is 5.96. The molecule has 21 heavy (non-hydrogen) atoms. The summed E-state index contributed by atoms with van der Waals surface area (Å²) < 4.78 is 38.3. The van der Waals surface area contributed by atoms with Gasteiger partial charge in [0.1, 0.15) is 0 Å². The Bertz CT molecular complexity index is 801. The Balaban J connectivity index is 2.20. The number of nitrogens with one attached hydrogen (secondary N) is 1. The molecule has 3 rings (SSSR count). The van der Waals surface area contributed by atoms with Crippen molar-refractivity contribution in [1.29, 1.82) is 0 Å². The van der Waals surface area contributed by atoms with Gasteiger partial charge in [-0.1, -0.05) is 6.07 Å². The summed E-state index contributed by atoms with van der Waals surface area (Å²) in [4.78, 5) is 7.22. The summed E-state index contributed by atoms with van der Waals surface area (Å²) in [6, 6.07) is 7.13. The van der Waals surface area contributed by atoms with E-state index in [4.69, 9.17) is 5.73 Å². The van der Waals surface area contributed by atoms with Crippen molar-refractivity contribution in [3.8, 4) is 11.3 Å². The summed E-state index contributed by atoms with van der Waals surface area (Å²) in [6.07, 6.45) is -2.83. The smallest absolute Gasteiger partial charge is 0.397 e. The Hall–Kier alpha value is -2.50. The van der Waals surface area contributed by atoms with Crippen molar-refractivity contribution in [2.24, 2.45) is 0 Å². The van der Waals surface area contributed by atoms with E-state index < -0.39 is 11.7 Å². The Morgan fingerprint density at radius 2 is 1.90 bits per heavy atom. The number of hydrogen-bond acceptors (Lipinski definition) is 2. The van der Waals surface area contributed by atoms with E-state index in [1.54, 1.807) is 19.1 Å². The van der Waals surface area contributed by atoms with Crippen LogP contribution in [0.1, 0.15) is 11.3 Å². The molecule has 3 nitrogen and oxygen atoms in total. The molecule has 108 valence electrons. The molecule has 0 aliphatic rings. The van der Waals surface area contributed by atoms with Gasteiger partial charge in [0.05, 0.1) is 23.1 Å². The number of benzene rings is 1. The second kappa shape index (κ2) is 4.51. The van der Waals surface area contributed by atoms with Crippen molar-refractivity contribution < 1.29 is 13.2 Å². The molecule has 0 saturated carbocycles. The Morgan fingerprint density at radius 1 is 1.14 bits per heavy atom. The molecule has 3 N–H and O–H groups in total. The van der Waals surface area contributed by atoms with Crippen molar-refractivity contribution >= 4 is 16.6 Å². The molecule has 0 aliphatic carbocycles. The third-order valence-electron chi connectivity index (χ3n) is 3.36. The maximum atomic E-state index is 12.8. The fourth-order valence-electron chi connectivity index (χ4n) is 2.39. The number of aromatic nitrogens is 2. The van der Waals surface area contributed by atoms with E-state index in [1.165, 1.54) is 12.3 Å². The number of alkyl halides is 3. The molecule has 3 aromatic rings. The maximum Gasteiger partial charge on any atom is 0.416 e. The van der Waals surface area contributed by atoms with Crippen LogP contribution in [0.2, 0.25) is 0 Å². The van der Waals surface area contributed by atoms with Gasteiger partial charge in [-0.3, -0.25) is 4.98 Å². The summed E-state index contributed by atoms with van der Waals surface area (Å²) in [7, 11) is 0. The summed E-state index contributed by atoms with van der Waals surface area (Å²) in [5.41, 5.74) is 8.14. The van der Waals surface area contributed by atoms with Gasteiger partial charge in [0.15, 0.2) is 0 Å². The van der Waals surface area contributed by atoms with Gasteiger partial charge in [-0.25, -0.2) is 0 Å². The summed E-state index contributed by atoms with van der Waals surface area (Å²) >= 11 is 0. The minimum absolute atomic E-state index is 0.441. The van der Waals surface area contributed by atoms with Crippen LogP contribution in [0.4, 0.5) is 18.9 Å². The zero-order valence-electron chi connectivity index (χ0n) is 11.1. The first-order chi connectivity index (χ1) is 9.86. The van der Waals surface area contributed by atoms with E-state index in [9.17, 15) is 13.2 Å². The molecule has 0 saturated heterocycles. The van der Waals surface area contributed by atoms with Gasteiger partial charge in [0, 0.05) is 22.2 Å². The topological polar surface area (TPSA) is 54.7 Å². The lowest BCUT2D eigenvalue weighted by atomic mass is 10.1. The minimum Gasteiger partial charge on any atom is -0.397 e. The zero-order valence-corrected chi connectivity index (χ0v) is 11.1. The largest absolute Gasteiger partial charge is 0.416 e. The molecule has 0 atom stereocenters. The molecular weight excluding hydrogens is 279 g/mol. The zero-order chi connectivity index (χ0) is 15.2. The van der Waals surface area contributed by atoms with Crippen LogP contribution in [-0.4, -0.2) is 9.97 Å². The highest BCUT2D eigenvalue weighted by Crippen LogP contribution is 2.35. The molecular formula is C15H12F3N3. The normalized spacial score (nSPS) is 12.0. The SMILES string of the molecule is Cc1[nH]c2cc(C(F)(F)F)ccc2c1-c1ccc(N)cn1. The fraction of sp³-hybridized carbons (Fsp3) is 0.133. The van der Waals surface area contributed by atoms with Crippen molar-refractivity contribution in [3.63, 3.8) is 0 Å². The van der Waals surface area contributed by atoms with E-state index in [2.05, 4.69) is 9.97 Å². The number of hydrogen-bond donors (Lipinski definition) is 2. The molecule has 2 aromatic heterocycles. The molecule has 2 heterocycles. The molecule has 0 unspecified atom stereocenters. The lowest BCUT2D eigenvalue weighted by Gasteiger charge is -2.06. The van der Waals surface area contributed by atoms with Gasteiger partial charge in [0.2, 0.25) is 0 Å². The number of aromatic amines is 1. The summed E-state index contributed by atoms with van der Waals surface area (Å²) in [5, 5.41) is 0.706. The van der Waals surface area contributed by atoms with Crippen LogP contribution >= 0.6 is 0 Å². The number of rotatable bonds is 1. The number of aryl methyl sites for hydroxylation is 1. The number of anilines is 1. The van der Waals surface area contributed by atoms with Crippen LogP contribution < -0.4 is 5.73 Å². The second-order valence-corrected chi connectivity index (χ2v) is 4.86. The number of halogens is 3. The lowest BCUT2D eigenvalue weighted by molar-refractivity contribution is -0.137. The number of nitrogen functional groups attached to an aromatic ring is 1. The van der Waals surface area contributed by atoms with Gasteiger partial charge < -0.3 is 10.7 Å². The maximum absolute atomic E-state index is 12.8. The van der Waals surface area contributed by atoms with Gasteiger partial charge >= 0.3 is 6.18 Å². The Morgan fingerprint density at radius 3 is 2.52 bits per heavy atom. The van der Waals surface area contributed by atoms with Crippen molar-refractivity contribution in [2.45, 2.75) is 13.1 Å². The van der Waals surface area contributed by atoms with Crippen LogP contribution in [-0.2, 0) is 6.18 Å². The van der Waals surface area contributed by atoms with Crippen molar-refractivity contribution in [1.82, 2.24) is 9.97 Å². The minimum atomic E-state index is -4.35. The van der Waals surface area contributed by atoms with Gasteiger partial charge in [0.25, 0.3) is 0 Å². The molecule has 0 spiro atoms. The first-order valence-corrected chi connectivity index (χ1v) is 6.27. The van der Waals surface area contributed by atoms with E-state index in [0.717, 1.165) is 23.4 Å². The predicted molar refractivity (Wildman–Crippen MR) is 75.7 cm³/mol. The highest BCUT2D eigenvalue weighted by Gasteiger charge is 2.31. The van der Waals surface area contributed by atoms with E-state index in [-0.39, 0.29) is 0 Å². The van der Waals surface area contributed by atoms with E-state index >= 15 is 0 Å². The molecule has 0 radical (unpaired) electrons. The molecule has 6 heteroatoms. The number of nitrogens with two attached hydrogens (primary N) is 1. The average molecular weight is 291 g/mol.